The average Bonchev–Trinajstić information content (AvgIpc) is 2.05. The molecule has 64 valence electrons. The molecule has 0 aromatic carbocycles. The minimum absolute atomic E-state index is 0. The fourth-order valence-corrected chi connectivity index (χ4v) is 2.36. The Labute approximate surface area is 97.8 Å². The van der Waals surface area contributed by atoms with Crippen molar-refractivity contribution in [3.63, 3.8) is 0 Å². The maximum absolute atomic E-state index is 3.74. The Balaban J connectivity index is -0.000000333. The molecule has 0 N–H and O–H groups in total. The quantitative estimate of drug-likeness (QED) is 0.503. The second-order valence-electron chi connectivity index (χ2n) is 3.32. The molecule has 0 aromatic heterocycles. The van der Waals surface area contributed by atoms with Crippen molar-refractivity contribution in [1.29, 1.82) is 0 Å². The summed E-state index contributed by atoms with van der Waals surface area (Å²) in [5.74, 6) is 0.985. The van der Waals surface area contributed by atoms with E-state index in [9.17, 15) is 0 Å². The molecule has 1 aliphatic carbocycles. The second-order valence-corrected chi connectivity index (χ2v) is 4.50. The largest absolute Gasteiger partial charge is 2.00 e. The molecule has 1 saturated carbocycles. The van der Waals surface area contributed by atoms with Crippen LogP contribution in [0.1, 0.15) is 48.3 Å². The first-order chi connectivity index (χ1) is 4.84. The fourth-order valence-electron chi connectivity index (χ4n) is 1.83. The molecule has 0 aliphatic heterocycles. The van der Waals surface area contributed by atoms with E-state index in [0.29, 0.717) is 0 Å². The van der Waals surface area contributed by atoms with Crippen LogP contribution in [0.2, 0.25) is 0 Å². The van der Waals surface area contributed by atoms with Crippen LogP contribution in [0.4, 0.5) is 0 Å². The molecular weight excluding hydrogens is 212 g/mol. The third-order valence-electron chi connectivity index (χ3n) is 2.55. The Morgan fingerprint density at radius 2 is 1.91 bits per heavy atom. The molecule has 0 radical (unpaired) electrons. The summed E-state index contributed by atoms with van der Waals surface area (Å²) in [7, 11) is 0. The standard InChI is InChI=1S/C9H17Br.Mg.2H/c1-2-9(10)8-6-4-3-5-7-8;;;/h8-9H,2-7H2,1H3;;;/q;+2;2*-1. The Morgan fingerprint density at radius 3 is 2.36 bits per heavy atom. The molecule has 0 heterocycles. The van der Waals surface area contributed by atoms with E-state index in [4.69, 9.17) is 0 Å². The minimum Gasteiger partial charge on any atom is -1.00 e. The van der Waals surface area contributed by atoms with Gasteiger partial charge in [0.25, 0.3) is 0 Å². The van der Waals surface area contributed by atoms with Crippen molar-refractivity contribution in [3.05, 3.63) is 0 Å². The molecule has 0 amide bonds. The van der Waals surface area contributed by atoms with Gasteiger partial charge in [0.15, 0.2) is 0 Å². The summed E-state index contributed by atoms with van der Waals surface area (Å²) in [4.78, 5) is 0.799. The van der Waals surface area contributed by atoms with Gasteiger partial charge in [-0.1, -0.05) is 42.1 Å². The number of alkyl halides is 1. The van der Waals surface area contributed by atoms with Gasteiger partial charge in [0.05, 0.1) is 0 Å². The van der Waals surface area contributed by atoms with E-state index in [1.54, 1.807) is 0 Å². The van der Waals surface area contributed by atoms with Crippen molar-refractivity contribution in [3.8, 4) is 0 Å². The molecule has 1 rings (SSSR count). The van der Waals surface area contributed by atoms with Crippen LogP contribution in [0.5, 0.6) is 0 Å². The molecular formula is C9H19BrMg. The van der Waals surface area contributed by atoms with Crippen LogP contribution < -0.4 is 0 Å². The molecule has 0 spiro atoms. The van der Waals surface area contributed by atoms with E-state index < -0.39 is 0 Å². The third kappa shape index (κ3) is 4.14. The Kier molecular flexibility index (Phi) is 7.49. The van der Waals surface area contributed by atoms with Crippen LogP contribution >= 0.6 is 15.9 Å². The predicted molar refractivity (Wildman–Crippen MR) is 57.6 cm³/mol. The summed E-state index contributed by atoms with van der Waals surface area (Å²) < 4.78 is 0. The van der Waals surface area contributed by atoms with Gasteiger partial charge >= 0.3 is 23.1 Å². The zero-order valence-electron chi connectivity index (χ0n) is 9.48. The van der Waals surface area contributed by atoms with Crippen molar-refractivity contribution in [2.45, 2.75) is 50.3 Å². The van der Waals surface area contributed by atoms with Gasteiger partial charge in [-0.2, -0.15) is 0 Å². The molecule has 0 bridgehead atoms. The molecule has 11 heavy (non-hydrogen) atoms. The summed E-state index contributed by atoms with van der Waals surface area (Å²) in [5, 5.41) is 0. The van der Waals surface area contributed by atoms with Crippen molar-refractivity contribution < 1.29 is 2.85 Å². The maximum atomic E-state index is 3.74. The summed E-state index contributed by atoms with van der Waals surface area (Å²) in [5.41, 5.74) is 0. The molecule has 0 aromatic rings. The number of halogens is 1. The Bertz CT molecular complexity index is 97.6. The number of hydrogen-bond donors (Lipinski definition) is 0. The molecule has 2 heteroatoms. The summed E-state index contributed by atoms with van der Waals surface area (Å²) in [6, 6.07) is 0. The zero-order valence-corrected chi connectivity index (χ0v) is 10.5. The van der Waals surface area contributed by atoms with E-state index in [-0.39, 0.29) is 25.9 Å². The summed E-state index contributed by atoms with van der Waals surface area (Å²) in [6.45, 7) is 2.27. The first-order valence-corrected chi connectivity index (χ1v) is 5.40. The topological polar surface area (TPSA) is 0 Å². The van der Waals surface area contributed by atoms with Crippen molar-refractivity contribution in [1.82, 2.24) is 0 Å². The molecule has 1 unspecified atom stereocenters. The van der Waals surface area contributed by atoms with Crippen molar-refractivity contribution in [2.75, 3.05) is 0 Å². The van der Waals surface area contributed by atoms with Crippen LogP contribution in [-0.2, 0) is 0 Å². The van der Waals surface area contributed by atoms with Crippen LogP contribution in [0.3, 0.4) is 0 Å². The van der Waals surface area contributed by atoms with Gasteiger partial charge in [0.2, 0.25) is 0 Å². The molecule has 1 fully saturated rings. The maximum Gasteiger partial charge on any atom is 2.00 e. The van der Waals surface area contributed by atoms with E-state index in [1.165, 1.54) is 38.5 Å². The average molecular weight is 231 g/mol. The summed E-state index contributed by atoms with van der Waals surface area (Å²) >= 11 is 3.74. The van der Waals surface area contributed by atoms with Crippen LogP contribution in [-0.4, -0.2) is 27.9 Å². The van der Waals surface area contributed by atoms with Crippen molar-refractivity contribution in [2.24, 2.45) is 5.92 Å². The number of hydrogen-bond acceptors (Lipinski definition) is 0. The van der Waals surface area contributed by atoms with Gasteiger partial charge in [0.1, 0.15) is 0 Å². The summed E-state index contributed by atoms with van der Waals surface area (Å²) in [6.07, 6.45) is 8.62. The first-order valence-electron chi connectivity index (χ1n) is 4.48. The fraction of sp³-hybridized carbons (Fsp3) is 1.00. The van der Waals surface area contributed by atoms with Crippen LogP contribution in [0.15, 0.2) is 0 Å². The minimum atomic E-state index is 0. The van der Waals surface area contributed by atoms with E-state index >= 15 is 0 Å². The van der Waals surface area contributed by atoms with Crippen LogP contribution in [0.25, 0.3) is 0 Å². The first kappa shape index (κ1) is 12.2. The van der Waals surface area contributed by atoms with Gasteiger partial charge in [-0.05, 0) is 25.2 Å². The number of rotatable bonds is 2. The van der Waals surface area contributed by atoms with Gasteiger partial charge in [-0.15, -0.1) is 0 Å². The molecule has 1 atom stereocenters. The van der Waals surface area contributed by atoms with Gasteiger partial charge < -0.3 is 2.85 Å². The van der Waals surface area contributed by atoms with Gasteiger partial charge in [-0.3, -0.25) is 0 Å². The van der Waals surface area contributed by atoms with Gasteiger partial charge in [0, 0.05) is 4.83 Å². The predicted octanol–water partition coefficient (Wildman–Crippen LogP) is 3.58. The second kappa shape index (κ2) is 6.73. The Morgan fingerprint density at radius 1 is 1.36 bits per heavy atom. The van der Waals surface area contributed by atoms with Crippen molar-refractivity contribution >= 4 is 39.0 Å². The molecule has 1 aliphatic rings. The van der Waals surface area contributed by atoms with E-state index in [2.05, 4.69) is 22.9 Å². The van der Waals surface area contributed by atoms with Crippen LogP contribution in [0, 0.1) is 5.92 Å². The Hall–Kier alpha value is 1.25. The monoisotopic (exact) mass is 230 g/mol. The third-order valence-corrected chi connectivity index (χ3v) is 3.95. The zero-order chi connectivity index (χ0) is 7.40. The smallest absolute Gasteiger partial charge is 1.00 e. The molecule has 0 saturated heterocycles. The normalized spacial score (nSPS) is 22.4. The molecule has 0 nitrogen and oxygen atoms in total. The van der Waals surface area contributed by atoms with E-state index in [0.717, 1.165) is 10.7 Å². The van der Waals surface area contributed by atoms with Gasteiger partial charge in [-0.25, -0.2) is 0 Å². The van der Waals surface area contributed by atoms with E-state index in [1.807, 2.05) is 0 Å². The SMILES string of the molecule is CCC(Br)C1CCCCC1.[H-].[H-].[Mg+2].